The van der Waals surface area contributed by atoms with Crippen molar-refractivity contribution in [1.29, 1.82) is 0 Å². The van der Waals surface area contributed by atoms with E-state index in [2.05, 4.69) is 10.9 Å². The van der Waals surface area contributed by atoms with E-state index < -0.39 is 23.8 Å². The summed E-state index contributed by atoms with van der Waals surface area (Å²) in [6.07, 6.45) is -2.99. The first-order valence-electron chi connectivity index (χ1n) is 8.39. The predicted octanol–water partition coefficient (Wildman–Crippen LogP) is 4.01. The monoisotopic (exact) mass is 374 g/mol. The summed E-state index contributed by atoms with van der Waals surface area (Å²) in [6.45, 7) is 0. The van der Waals surface area contributed by atoms with Gasteiger partial charge in [0.1, 0.15) is 0 Å². The normalized spacial score (nSPS) is 16.6. The Bertz CT molecular complexity index is 859. The van der Waals surface area contributed by atoms with Crippen molar-refractivity contribution in [2.24, 2.45) is 5.92 Å². The number of Topliss-reactive ketones (excluding diaryl/α,β-unsaturated/α-hetero) is 1. The van der Waals surface area contributed by atoms with E-state index in [0.717, 1.165) is 11.1 Å². The average Bonchev–Trinajstić information content (AvgIpc) is 3.14. The van der Waals surface area contributed by atoms with E-state index in [0.29, 0.717) is 12.0 Å². The van der Waals surface area contributed by atoms with Gasteiger partial charge in [0.05, 0.1) is 5.92 Å². The zero-order chi connectivity index (χ0) is 19.4. The number of nitrogens with one attached hydrogen (secondary N) is 2. The number of rotatable bonds is 5. The van der Waals surface area contributed by atoms with Gasteiger partial charge in [-0.2, -0.15) is 13.2 Å². The number of ketones is 1. The van der Waals surface area contributed by atoms with Crippen molar-refractivity contribution in [3.8, 4) is 11.1 Å². The van der Waals surface area contributed by atoms with Crippen molar-refractivity contribution in [3.63, 3.8) is 0 Å². The molecule has 1 aliphatic carbocycles. The van der Waals surface area contributed by atoms with Crippen LogP contribution in [-0.4, -0.2) is 17.9 Å². The first-order valence-corrected chi connectivity index (χ1v) is 8.39. The minimum Gasteiger partial charge on any atom is -0.302 e. The van der Waals surface area contributed by atoms with Crippen molar-refractivity contribution in [3.05, 3.63) is 71.9 Å². The highest BCUT2D eigenvalue weighted by Gasteiger charge is 2.45. The zero-order valence-corrected chi connectivity index (χ0v) is 14.2. The van der Waals surface area contributed by atoms with E-state index in [1.165, 1.54) is 6.08 Å². The van der Waals surface area contributed by atoms with E-state index in [1.807, 2.05) is 30.3 Å². The maximum atomic E-state index is 12.6. The first kappa shape index (κ1) is 18.7. The number of hydrogen-bond donors (Lipinski definition) is 2. The summed E-state index contributed by atoms with van der Waals surface area (Å²) in [4.78, 5) is 23.7. The molecular weight excluding hydrogens is 357 g/mol. The summed E-state index contributed by atoms with van der Waals surface area (Å²) in [5.41, 5.74) is 7.20. The van der Waals surface area contributed by atoms with Gasteiger partial charge in [0, 0.05) is 11.3 Å². The number of allylic oxidation sites excluding steroid dienone is 2. The highest BCUT2D eigenvalue weighted by molar-refractivity contribution is 5.94. The molecule has 0 saturated heterocycles. The fraction of sp³-hybridized carbons (Fsp3) is 0.200. The van der Waals surface area contributed by atoms with Gasteiger partial charge >= 0.3 is 6.18 Å². The molecule has 3 rings (SSSR count). The molecule has 2 aromatic rings. The Kier molecular flexibility index (Phi) is 5.30. The zero-order valence-electron chi connectivity index (χ0n) is 14.2. The molecular formula is C20H17F3N2O2. The molecule has 0 radical (unpaired) electrons. The second kappa shape index (κ2) is 7.65. The Hall–Kier alpha value is -3.09. The van der Waals surface area contributed by atoms with Crippen molar-refractivity contribution < 1.29 is 22.8 Å². The SMILES string of the molecule is O=C(NNC1=CCCC1C(=O)C(F)(F)F)c1ccc(-c2ccccc2)cc1. The second-order valence-electron chi connectivity index (χ2n) is 6.17. The topological polar surface area (TPSA) is 58.2 Å². The molecule has 2 aromatic carbocycles. The first-order chi connectivity index (χ1) is 12.9. The third-order valence-electron chi connectivity index (χ3n) is 4.37. The molecule has 2 N–H and O–H groups in total. The minimum absolute atomic E-state index is 0.0717. The van der Waals surface area contributed by atoms with Crippen LogP contribution in [0.3, 0.4) is 0 Å². The van der Waals surface area contributed by atoms with Gasteiger partial charge < -0.3 is 5.43 Å². The molecule has 0 aliphatic heterocycles. The number of benzene rings is 2. The molecule has 7 heteroatoms. The number of alkyl halides is 3. The number of carbonyl (C=O) groups excluding carboxylic acids is 2. The quantitative estimate of drug-likeness (QED) is 0.778. The molecule has 1 unspecified atom stereocenters. The lowest BCUT2D eigenvalue weighted by Crippen LogP contribution is -2.41. The summed E-state index contributed by atoms with van der Waals surface area (Å²) >= 11 is 0. The maximum absolute atomic E-state index is 12.6. The summed E-state index contributed by atoms with van der Waals surface area (Å²) < 4.78 is 37.9. The van der Waals surface area contributed by atoms with E-state index in [1.54, 1.807) is 24.3 Å². The van der Waals surface area contributed by atoms with Crippen LogP contribution in [0.5, 0.6) is 0 Å². The van der Waals surface area contributed by atoms with Gasteiger partial charge in [-0.1, -0.05) is 48.5 Å². The van der Waals surface area contributed by atoms with Crippen molar-refractivity contribution in [2.45, 2.75) is 19.0 Å². The van der Waals surface area contributed by atoms with Crippen LogP contribution in [0.1, 0.15) is 23.2 Å². The van der Waals surface area contributed by atoms with Crippen LogP contribution in [-0.2, 0) is 4.79 Å². The number of hydrogen-bond acceptors (Lipinski definition) is 3. The third-order valence-corrected chi connectivity index (χ3v) is 4.37. The lowest BCUT2D eigenvalue weighted by Gasteiger charge is -2.17. The molecule has 1 aliphatic rings. The van der Waals surface area contributed by atoms with Gasteiger partial charge in [-0.3, -0.25) is 15.0 Å². The molecule has 0 saturated carbocycles. The number of hydrazine groups is 1. The van der Waals surface area contributed by atoms with Gasteiger partial charge in [0.15, 0.2) is 0 Å². The fourth-order valence-electron chi connectivity index (χ4n) is 2.96. The van der Waals surface area contributed by atoms with Gasteiger partial charge in [-0.05, 0) is 36.1 Å². The lowest BCUT2D eigenvalue weighted by atomic mass is 10.0. The molecule has 140 valence electrons. The molecule has 4 nitrogen and oxygen atoms in total. The Labute approximate surface area is 154 Å². The van der Waals surface area contributed by atoms with E-state index in [9.17, 15) is 22.8 Å². The number of carbonyl (C=O) groups is 2. The van der Waals surface area contributed by atoms with Crippen LogP contribution >= 0.6 is 0 Å². The summed E-state index contributed by atoms with van der Waals surface area (Å²) in [5, 5.41) is 0. The van der Waals surface area contributed by atoms with Gasteiger partial charge in [0.25, 0.3) is 5.91 Å². The highest BCUT2D eigenvalue weighted by Crippen LogP contribution is 2.31. The summed E-state index contributed by atoms with van der Waals surface area (Å²) in [7, 11) is 0. The Morgan fingerprint density at radius 1 is 0.926 bits per heavy atom. The largest absolute Gasteiger partial charge is 0.450 e. The highest BCUT2D eigenvalue weighted by atomic mass is 19.4. The van der Waals surface area contributed by atoms with Crippen molar-refractivity contribution in [1.82, 2.24) is 10.9 Å². The lowest BCUT2D eigenvalue weighted by molar-refractivity contribution is -0.174. The van der Waals surface area contributed by atoms with Crippen LogP contribution in [0.15, 0.2) is 66.4 Å². The van der Waals surface area contributed by atoms with Gasteiger partial charge in [0.2, 0.25) is 5.78 Å². The van der Waals surface area contributed by atoms with E-state index >= 15 is 0 Å². The standard InChI is InChI=1S/C20H17F3N2O2/c21-20(22,23)18(26)16-7-4-8-17(16)24-25-19(27)15-11-9-14(10-12-15)13-5-2-1-3-6-13/h1-3,5-6,8-12,16,24H,4,7H2,(H,25,27). The van der Waals surface area contributed by atoms with Crippen LogP contribution < -0.4 is 10.9 Å². The van der Waals surface area contributed by atoms with Crippen LogP contribution in [0, 0.1) is 5.92 Å². The Morgan fingerprint density at radius 3 is 2.19 bits per heavy atom. The van der Waals surface area contributed by atoms with E-state index in [-0.39, 0.29) is 12.1 Å². The average molecular weight is 374 g/mol. The number of halogens is 3. The Morgan fingerprint density at radius 2 is 1.56 bits per heavy atom. The van der Waals surface area contributed by atoms with Crippen LogP contribution in [0.4, 0.5) is 13.2 Å². The molecule has 0 heterocycles. The molecule has 1 amide bonds. The maximum Gasteiger partial charge on any atom is 0.450 e. The summed E-state index contributed by atoms with van der Waals surface area (Å²) in [6, 6.07) is 16.4. The summed E-state index contributed by atoms with van der Waals surface area (Å²) in [5.74, 6) is -3.61. The minimum atomic E-state index is -4.90. The molecule has 0 bridgehead atoms. The second-order valence-corrected chi connectivity index (χ2v) is 6.17. The molecule has 0 spiro atoms. The smallest absolute Gasteiger partial charge is 0.302 e. The van der Waals surface area contributed by atoms with Crippen LogP contribution in [0.25, 0.3) is 11.1 Å². The number of amides is 1. The van der Waals surface area contributed by atoms with Crippen molar-refractivity contribution >= 4 is 11.7 Å². The molecule has 0 fully saturated rings. The van der Waals surface area contributed by atoms with Gasteiger partial charge in [-0.25, -0.2) is 0 Å². The predicted molar refractivity (Wildman–Crippen MR) is 94.3 cm³/mol. The van der Waals surface area contributed by atoms with Crippen LogP contribution in [0.2, 0.25) is 0 Å². The Balaban J connectivity index is 1.62. The fourth-order valence-corrected chi connectivity index (χ4v) is 2.96. The van der Waals surface area contributed by atoms with E-state index in [4.69, 9.17) is 0 Å². The molecule has 27 heavy (non-hydrogen) atoms. The van der Waals surface area contributed by atoms with Gasteiger partial charge in [-0.15, -0.1) is 0 Å². The molecule has 1 atom stereocenters. The van der Waals surface area contributed by atoms with Crippen molar-refractivity contribution in [2.75, 3.05) is 0 Å². The molecule has 0 aromatic heterocycles. The third kappa shape index (κ3) is 4.36.